The van der Waals surface area contributed by atoms with E-state index in [1.54, 1.807) is 42.5 Å². The number of rotatable bonds is 6. The van der Waals surface area contributed by atoms with E-state index >= 15 is 0 Å². The molecular formula is C30H28ClN3O5S2. The molecule has 1 N–H and O–H groups in total. The van der Waals surface area contributed by atoms with Gasteiger partial charge in [0.25, 0.3) is 10.0 Å². The molecule has 0 aliphatic carbocycles. The van der Waals surface area contributed by atoms with E-state index in [1.165, 1.54) is 20.7 Å². The first-order valence-corrected chi connectivity index (χ1v) is 16.6. The van der Waals surface area contributed by atoms with E-state index in [9.17, 15) is 21.6 Å². The maximum Gasteiger partial charge on any atom is 0.264 e. The maximum atomic E-state index is 13.3. The van der Waals surface area contributed by atoms with Crippen LogP contribution in [0.2, 0.25) is 5.02 Å². The molecular weight excluding hydrogens is 582 g/mol. The van der Waals surface area contributed by atoms with Crippen LogP contribution in [0.5, 0.6) is 0 Å². The predicted octanol–water partition coefficient (Wildman–Crippen LogP) is 5.28. The Morgan fingerprint density at radius 3 is 2.17 bits per heavy atom. The highest BCUT2D eigenvalue weighted by atomic mass is 35.5. The van der Waals surface area contributed by atoms with E-state index < -0.39 is 20.0 Å². The molecule has 0 atom stereocenters. The molecule has 0 bridgehead atoms. The Hall–Kier alpha value is -3.44. The minimum atomic E-state index is -3.79. The number of piperidine rings is 1. The van der Waals surface area contributed by atoms with Crippen LogP contribution < -0.4 is 9.62 Å². The molecule has 212 valence electrons. The lowest BCUT2D eigenvalue weighted by atomic mass is 9.97. The Morgan fingerprint density at radius 2 is 1.44 bits per heavy atom. The van der Waals surface area contributed by atoms with Crippen LogP contribution in [0.4, 0.5) is 11.4 Å². The first kappa shape index (κ1) is 27.7. The Morgan fingerprint density at radius 1 is 0.756 bits per heavy atom. The molecule has 1 fully saturated rings. The van der Waals surface area contributed by atoms with Crippen LogP contribution in [0.1, 0.15) is 18.4 Å². The summed E-state index contributed by atoms with van der Waals surface area (Å²) in [6, 6.07) is 24.1. The predicted molar refractivity (Wildman–Crippen MR) is 160 cm³/mol. The van der Waals surface area contributed by atoms with Crippen LogP contribution in [0.15, 0.2) is 94.7 Å². The topological polar surface area (TPSA) is 104 Å². The normalized spacial score (nSPS) is 16.6. The van der Waals surface area contributed by atoms with E-state index in [-0.39, 0.29) is 34.7 Å². The largest absolute Gasteiger partial charge is 0.326 e. The summed E-state index contributed by atoms with van der Waals surface area (Å²) in [7, 11) is -7.47. The highest BCUT2D eigenvalue weighted by molar-refractivity contribution is 7.92. The fraction of sp³-hybridized carbons (Fsp3) is 0.233. The highest BCUT2D eigenvalue weighted by Crippen LogP contribution is 2.36. The number of amides is 1. The van der Waals surface area contributed by atoms with Gasteiger partial charge in [-0.25, -0.2) is 16.8 Å². The smallest absolute Gasteiger partial charge is 0.264 e. The quantitative estimate of drug-likeness (QED) is 0.320. The van der Waals surface area contributed by atoms with E-state index in [4.69, 9.17) is 11.6 Å². The van der Waals surface area contributed by atoms with Crippen LogP contribution >= 0.6 is 11.6 Å². The van der Waals surface area contributed by atoms with Gasteiger partial charge < -0.3 is 5.32 Å². The Kier molecular flexibility index (Phi) is 7.27. The Bertz CT molecular complexity index is 1850. The number of fused-ring (bicyclic) bond motifs is 2. The zero-order valence-electron chi connectivity index (χ0n) is 22.0. The summed E-state index contributed by atoms with van der Waals surface area (Å²) >= 11 is 5.93. The van der Waals surface area contributed by atoms with Crippen molar-refractivity contribution in [1.29, 1.82) is 0 Å². The van der Waals surface area contributed by atoms with Crippen molar-refractivity contribution in [2.75, 3.05) is 29.3 Å². The standard InChI is InChI=1S/C30H28ClN3O5S2/c31-25-7-11-27(12-8-25)41(38,39)34-18-15-22-5-9-26(20-29(22)34)32-30(35)23-13-16-33(17-14-23)40(36,37)28-10-6-21-3-1-2-4-24(21)19-28/h1-12,19-20,23H,13-18H2,(H,32,35). The van der Waals surface area contributed by atoms with Crippen molar-refractivity contribution in [3.8, 4) is 0 Å². The summed E-state index contributed by atoms with van der Waals surface area (Å²) < 4.78 is 56.0. The molecule has 1 saturated heterocycles. The maximum absolute atomic E-state index is 13.3. The molecule has 41 heavy (non-hydrogen) atoms. The van der Waals surface area contributed by atoms with Crippen molar-refractivity contribution in [2.45, 2.75) is 29.1 Å². The molecule has 0 saturated carbocycles. The zero-order valence-corrected chi connectivity index (χ0v) is 24.4. The molecule has 0 spiro atoms. The number of hydrogen-bond acceptors (Lipinski definition) is 5. The summed E-state index contributed by atoms with van der Waals surface area (Å²) in [5.41, 5.74) is 1.92. The Labute approximate surface area is 244 Å². The van der Waals surface area contributed by atoms with E-state index in [0.29, 0.717) is 42.2 Å². The highest BCUT2D eigenvalue weighted by Gasteiger charge is 2.34. The number of hydrogen-bond donors (Lipinski definition) is 1. The van der Waals surface area contributed by atoms with Crippen LogP contribution in [-0.4, -0.2) is 46.7 Å². The van der Waals surface area contributed by atoms with Gasteiger partial charge in [-0.3, -0.25) is 9.10 Å². The number of benzene rings is 4. The van der Waals surface area contributed by atoms with Crippen molar-refractivity contribution in [3.63, 3.8) is 0 Å². The lowest BCUT2D eigenvalue weighted by Crippen LogP contribution is -2.41. The van der Waals surface area contributed by atoms with Crippen molar-refractivity contribution in [2.24, 2.45) is 5.92 Å². The van der Waals surface area contributed by atoms with Gasteiger partial charge >= 0.3 is 0 Å². The minimum Gasteiger partial charge on any atom is -0.326 e. The summed E-state index contributed by atoms with van der Waals surface area (Å²) in [5, 5.41) is 5.20. The molecule has 2 aliphatic rings. The van der Waals surface area contributed by atoms with Gasteiger partial charge in [0, 0.05) is 36.3 Å². The summed E-state index contributed by atoms with van der Waals surface area (Å²) in [6.07, 6.45) is 1.35. The Balaban J connectivity index is 1.12. The molecule has 4 aromatic rings. The van der Waals surface area contributed by atoms with Gasteiger partial charge in [-0.1, -0.05) is 48.0 Å². The van der Waals surface area contributed by atoms with E-state index in [1.807, 2.05) is 30.3 Å². The minimum absolute atomic E-state index is 0.148. The van der Waals surface area contributed by atoms with Crippen molar-refractivity contribution in [3.05, 3.63) is 95.5 Å². The molecule has 2 aliphatic heterocycles. The third-order valence-corrected chi connectivity index (χ3v) is 11.8. The number of nitrogens with one attached hydrogen (secondary N) is 1. The van der Waals surface area contributed by atoms with Crippen molar-refractivity contribution < 1.29 is 21.6 Å². The van der Waals surface area contributed by atoms with Gasteiger partial charge in [0.2, 0.25) is 15.9 Å². The summed E-state index contributed by atoms with van der Waals surface area (Å²) in [5.74, 6) is -0.571. The molecule has 0 radical (unpaired) electrons. The molecule has 0 aromatic heterocycles. The number of halogens is 1. The number of carbonyl (C=O) groups is 1. The van der Waals surface area contributed by atoms with Crippen LogP contribution in [0.3, 0.4) is 0 Å². The number of sulfonamides is 2. The van der Waals surface area contributed by atoms with Crippen molar-refractivity contribution in [1.82, 2.24) is 4.31 Å². The number of nitrogens with zero attached hydrogens (tertiary/aromatic N) is 2. The third-order valence-electron chi connectivity index (χ3n) is 7.79. The van der Waals surface area contributed by atoms with Gasteiger partial charge in [0.15, 0.2) is 0 Å². The third kappa shape index (κ3) is 5.32. The second-order valence-electron chi connectivity index (χ2n) is 10.3. The monoisotopic (exact) mass is 609 g/mol. The number of carbonyl (C=O) groups excluding carboxylic acids is 1. The van der Waals surface area contributed by atoms with Gasteiger partial charge in [0.1, 0.15) is 0 Å². The lowest BCUT2D eigenvalue weighted by Gasteiger charge is -2.30. The van der Waals surface area contributed by atoms with Gasteiger partial charge in [-0.2, -0.15) is 4.31 Å². The molecule has 11 heteroatoms. The van der Waals surface area contributed by atoms with Crippen LogP contribution in [0, 0.1) is 5.92 Å². The zero-order chi connectivity index (χ0) is 28.8. The summed E-state index contributed by atoms with van der Waals surface area (Å²) in [6.45, 7) is 0.789. The average molecular weight is 610 g/mol. The molecule has 1 amide bonds. The van der Waals surface area contributed by atoms with Gasteiger partial charge in [-0.05, 0) is 84.1 Å². The average Bonchev–Trinajstić information content (AvgIpc) is 3.41. The molecule has 8 nitrogen and oxygen atoms in total. The lowest BCUT2D eigenvalue weighted by molar-refractivity contribution is -0.120. The van der Waals surface area contributed by atoms with Gasteiger partial charge in [0.05, 0.1) is 15.5 Å². The van der Waals surface area contributed by atoms with Gasteiger partial charge in [-0.15, -0.1) is 0 Å². The van der Waals surface area contributed by atoms with Crippen LogP contribution in [0.25, 0.3) is 10.8 Å². The molecule has 6 rings (SSSR count). The fourth-order valence-corrected chi connectivity index (χ4v) is 8.62. The molecule has 0 unspecified atom stereocenters. The SMILES string of the molecule is O=C(Nc1ccc2c(c1)N(S(=O)(=O)c1ccc(Cl)cc1)CC2)C1CCN(S(=O)(=O)c2ccc3ccccc3c2)CC1. The van der Waals surface area contributed by atoms with E-state index in [2.05, 4.69) is 5.32 Å². The molecule has 4 aromatic carbocycles. The van der Waals surface area contributed by atoms with E-state index in [0.717, 1.165) is 16.3 Å². The summed E-state index contributed by atoms with van der Waals surface area (Å²) in [4.78, 5) is 13.5. The fourth-order valence-electron chi connectivity index (χ4n) is 5.49. The second kappa shape index (κ2) is 10.8. The first-order valence-electron chi connectivity index (χ1n) is 13.3. The van der Waals surface area contributed by atoms with Crippen molar-refractivity contribution >= 4 is 59.7 Å². The molecule has 2 heterocycles. The first-order chi connectivity index (χ1) is 19.6. The second-order valence-corrected chi connectivity index (χ2v) is 14.5. The van der Waals surface area contributed by atoms with Crippen LogP contribution in [-0.2, 0) is 31.3 Å². The number of anilines is 2.